The van der Waals surface area contributed by atoms with E-state index < -0.39 is 5.56 Å². The number of rotatable bonds is 1. The summed E-state index contributed by atoms with van der Waals surface area (Å²) in [6, 6.07) is 3.11. The molecular weight excluding hydrogens is 281 g/mol. The Morgan fingerprint density at radius 3 is 3.05 bits per heavy atom. The molecular formula is C14H13ClFN3O. The second-order valence-corrected chi connectivity index (χ2v) is 5.31. The van der Waals surface area contributed by atoms with E-state index in [0.717, 1.165) is 23.1 Å². The number of benzene rings is 1. The largest absolute Gasteiger partial charge is 0.364 e. The number of nitrogens with zero attached hydrogens (tertiary/aromatic N) is 2. The molecule has 4 nitrogen and oxygen atoms in total. The molecule has 0 saturated carbocycles. The van der Waals surface area contributed by atoms with Crippen molar-refractivity contribution in [1.29, 1.82) is 0 Å². The first-order valence-corrected chi connectivity index (χ1v) is 6.70. The van der Waals surface area contributed by atoms with Crippen LogP contribution in [0.5, 0.6) is 0 Å². The third-order valence-electron chi connectivity index (χ3n) is 3.65. The van der Waals surface area contributed by atoms with E-state index in [-0.39, 0.29) is 10.8 Å². The van der Waals surface area contributed by atoms with E-state index in [4.69, 9.17) is 11.6 Å². The highest BCUT2D eigenvalue weighted by Crippen LogP contribution is 2.29. The molecule has 1 aliphatic heterocycles. The topological polar surface area (TPSA) is 49.0 Å². The number of hydrogen-bond acceptors (Lipinski definition) is 3. The molecule has 0 bridgehead atoms. The highest BCUT2D eigenvalue weighted by Gasteiger charge is 2.21. The summed E-state index contributed by atoms with van der Waals surface area (Å²) in [4.78, 5) is 13.5. The van der Waals surface area contributed by atoms with Crippen molar-refractivity contribution in [2.45, 2.75) is 19.9 Å². The van der Waals surface area contributed by atoms with Crippen molar-refractivity contribution < 1.29 is 4.39 Å². The molecule has 0 saturated heterocycles. The van der Waals surface area contributed by atoms with E-state index >= 15 is 0 Å². The molecule has 2 aromatic rings. The van der Waals surface area contributed by atoms with Crippen molar-refractivity contribution in [2.75, 3.05) is 11.4 Å². The molecule has 0 fully saturated rings. The van der Waals surface area contributed by atoms with Crippen LogP contribution in [0.25, 0.3) is 0 Å². The maximum absolute atomic E-state index is 13.4. The van der Waals surface area contributed by atoms with Crippen molar-refractivity contribution >= 4 is 17.3 Å². The number of anilines is 1. The first kappa shape index (κ1) is 13.1. The summed E-state index contributed by atoms with van der Waals surface area (Å²) in [7, 11) is 0. The molecule has 2 heterocycles. The van der Waals surface area contributed by atoms with Gasteiger partial charge < -0.3 is 4.90 Å². The molecule has 1 N–H and O–H groups in total. The van der Waals surface area contributed by atoms with Crippen molar-refractivity contribution in [1.82, 2.24) is 10.2 Å². The Morgan fingerprint density at radius 1 is 1.45 bits per heavy atom. The minimum absolute atomic E-state index is 0.142. The number of aromatic amines is 1. The molecule has 0 atom stereocenters. The third kappa shape index (κ3) is 2.18. The van der Waals surface area contributed by atoms with Gasteiger partial charge in [0, 0.05) is 13.1 Å². The second-order valence-electron chi connectivity index (χ2n) is 4.93. The maximum Gasteiger partial charge on any atom is 0.285 e. The Hall–Kier alpha value is -1.88. The highest BCUT2D eigenvalue weighted by atomic mass is 35.5. The van der Waals surface area contributed by atoms with Crippen LogP contribution >= 0.6 is 11.6 Å². The number of hydrogen-bond donors (Lipinski definition) is 1. The van der Waals surface area contributed by atoms with Gasteiger partial charge in [0.25, 0.3) is 5.56 Å². The molecule has 1 aliphatic rings. The van der Waals surface area contributed by atoms with Crippen LogP contribution in [0.15, 0.2) is 23.1 Å². The number of H-pyrrole nitrogens is 1. The molecule has 0 amide bonds. The van der Waals surface area contributed by atoms with Gasteiger partial charge in [0.2, 0.25) is 0 Å². The molecule has 20 heavy (non-hydrogen) atoms. The fraction of sp³-hybridized carbons (Fsp3) is 0.286. The number of fused-ring (bicyclic) bond motifs is 1. The van der Waals surface area contributed by atoms with E-state index in [1.54, 1.807) is 12.3 Å². The minimum Gasteiger partial charge on any atom is -0.364 e. The Morgan fingerprint density at radius 2 is 2.25 bits per heavy atom. The zero-order chi connectivity index (χ0) is 14.3. The summed E-state index contributed by atoms with van der Waals surface area (Å²) in [6.07, 6.45) is 2.27. The van der Waals surface area contributed by atoms with Crippen LogP contribution in [-0.2, 0) is 13.0 Å². The average Bonchev–Trinajstić information content (AvgIpc) is 2.41. The van der Waals surface area contributed by atoms with Crippen molar-refractivity contribution in [3.63, 3.8) is 0 Å². The van der Waals surface area contributed by atoms with E-state index in [0.29, 0.717) is 18.8 Å². The predicted octanol–water partition coefficient (Wildman–Crippen LogP) is 2.43. The van der Waals surface area contributed by atoms with Crippen LogP contribution in [0.1, 0.15) is 16.7 Å². The van der Waals surface area contributed by atoms with Crippen molar-refractivity contribution in [3.05, 3.63) is 56.2 Å². The fourth-order valence-corrected chi connectivity index (χ4v) is 2.83. The summed E-state index contributed by atoms with van der Waals surface area (Å²) >= 11 is 6.03. The number of aryl methyl sites for hydroxylation is 1. The standard InChI is InChI=1S/C14H13ClFN3O/c1-8-4-10(16)5-9-2-3-19(7-11(8)9)12-6-17-18-14(20)13(12)15/h4-6H,2-3,7H2,1H3,(H,18,20). The molecule has 6 heteroatoms. The lowest BCUT2D eigenvalue weighted by atomic mass is 9.95. The summed E-state index contributed by atoms with van der Waals surface area (Å²) in [5.74, 6) is -0.203. The summed E-state index contributed by atoms with van der Waals surface area (Å²) in [6.45, 7) is 3.18. The molecule has 0 radical (unpaired) electrons. The first-order valence-electron chi connectivity index (χ1n) is 6.32. The fourth-order valence-electron chi connectivity index (χ4n) is 2.62. The quantitative estimate of drug-likeness (QED) is 0.878. The third-order valence-corrected chi connectivity index (χ3v) is 4.01. The average molecular weight is 294 g/mol. The Balaban J connectivity index is 2.00. The lowest BCUT2D eigenvalue weighted by Gasteiger charge is -2.31. The molecule has 3 rings (SSSR count). The normalized spacial score (nSPS) is 14.2. The van der Waals surface area contributed by atoms with Gasteiger partial charge in [-0.15, -0.1) is 0 Å². The number of nitrogens with one attached hydrogen (secondary N) is 1. The van der Waals surface area contributed by atoms with E-state index in [1.807, 2.05) is 11.8 Å². The van der Waals surface area contributed by atoms with E-state index in [2.05, 4.69) is 10.2 Å². The molecule has 1 aromatic heterocycles. The van der Waals surface area contributed by atoms with Gasteiger partial charge >= 0.3 is 0 Å². The zero-order valence-electron chi connectivity index (χ0n) is 10.9. The van der Waals surface area contributed by atoms with Gasteiger partial charge in [-0.25, -0.2) is 9.49 Å². The van der Waals surface area contributed by atoms with Gasteiger partial charge in [-0.05, 0) is 42.2 Å². The first-order chi connectivity index (χ1) is 9.56. The summed E-state index contributed by atoms with van der Waals surface area (Å²) in [5.41, 5.74) is 3.25. The molecule has 1 aromatic carbocycles. The van der Waals surface area contributed by atoms with Crippen LogP contribution < -0.4 is 10.5 Å². The monoisotopic (exact) mass is 293 g/mol. The highest BCUT2D eigenvalue weighted by molar-refractivity contribution is 6.32. The van der Waals surface area contributed by atoms with Gasteiger partial charge in [-0.2, -0.15) is 5.10 Å². The Labute approximate surface area is 120 Å². The smallest absolute Gasteiger partial charge is 0.285 e. The van der Waals surface area contributed by atoms with E-state index in [1.165, 1.54) is 6.07 Å². The second kappa shape index (κ2) is 4.90. The van der Waals surface area contributed by atoms with Crippen LogP contribution in [0.2, 0.25) is 5.02 Å². The minimum atomic E-state index is -0.397. The van der Waals surface area contributed by atoms with E-state index in [9.17, 15) is 9.18 Å². The van der Waals surface area contributed by atoms with Gasteiger partial charge in [0.1, 0.15) is 10.8 Å². The SMILES string of the molecule is Cc1cc(F)cc2c1CN(c1cn[nH]c(=O)c1Cl)CC2. The van der Waals surface area contributed by atoms with Crippen LogP contribution in [-0.4, -0.2) is 16.7 Å². The molecule has 0 unspecified atom stereocenters. The van der Waals surface area contributed by atoms with Gasteiger partial charge in [0.15, 0.2) is 0 Å². The lowest BCUT2D eigenvalue weighted by Crippen LogP contribution is -2.32. The summed E-state index contributed by atoms with van der Waals surface area (Å²) in [5, 5.41) is 6.23. The van der Waals surface area contributed by atoms with Crippen molar-refractivity contribution in [2.24, 2.45) is 0 Å². The molecule has 104 valence electrons. The summed E-state index contributed by atoms with van der Waals surface area (Å²) < 4.78 is 13.4. The molecule has 0 spiro atoms. The zero-order valence-corrected chi connectivity index (χ0v) is 11.7. The maximum atomic E-state index is 13.4. The Kier molecular flexibility index (Phi) is 3.22. The van der Waals surface area contributed by atoms with Crippen molar-refractivity contribution in [3.8, 4) is 0 Å². The predicted molar refractivity (Wildman–Crippen MR) is 75.8 cm³/mol. The number of halogens is 2. The van der Waals surface area contributed by atoms with Crippen LogP contribution in [0, 0.1) is 12.7 Å². The van der Waals surface area contributed by atoms with Gasteiger partial charge in [0.05, 0.1) is 11.9 Å². The number of aromatic nitrogens is 2. The van der Waals surface area contributed by atoms with Crippen LogP contribution in [0.4, 0.5) is 10.1 Å². The van der Waals surface area contributed by atoms with Crippen LogP contribution in [0.3, 0.4) is 0 Å². The van der Waals surface area contributed by atoms with Gasteiger partial charge in [-0.3, -0.25) is 4.79 Å². The molecule has 0 aliphatic carbocycles. The lowest BCUT2D eigenvalue weighted by molar-refractivity contribution is 0.617. The van der Waals surface area contributed by atoms with Gasteiger partial charge in [-0.1, -0.05) is 11.6 Å². The Bertz CT molecular complexity index is 729.